The highest BCUT2D eigenvalue weighted by Crippen LogP contribution is 2.34. The van der Waals surface area contributed by atoms with Crippen LogP contribution in [0.15, 0.2) is 48.8 Å². The molecule has 0 bridgehead atoms. The number of aromatic amines is 1. The third-order valence-corrected chi connectivity index (χ3v) is 5.72. The predicted molar refractivity (Wildman–Crippen MR) is 119 cm³/mol. The molecule has 0 spiro atoms. The Bertz CT molecular complexity index is 958. The molecule has 0 aliphatic carbocycles. The molecule has 0 radical (unpaired) electrons. The highest BCUT2D eigenvalue weighted by molar-refractivity contribution is 6.33. The van der Waals surface area contributed by atoms with E-state index < -0.39 is 6.10 Å². The fraction of sp³-hybridized carbons (Fsp3) is 0.417. The van der Waals surface area contributed by atoms with Crippen LogP contribution in [0.1, 0.15) is 51.4 Å². The van der Waals surface area contributed by atoms with E-state index in [4.69, 9.17) is 11.6 Å². The number of aromatic nitrogens is 3. The molecule has 1 aromatic carbocycles. The molecule has 3 rings (SSSR count). The first-order valence-electron chi connectivity index (χ1n) is 9.98. The minimum atomic E-state index is -0.481. The molecule has 0 saturated carbocycles. The summed E-state index contributed by atoms with van der Waals surface area (Å²) in [5.74, 6) is 0. The number of pyridine rings is 1. The SMILES string of the molecule is CC(C)(C)c1cc(-c2ccc(CC(C)(C)[C@H](O)Cc3cccnc3)cc2Cl)n[nH]1. The topological polar surface area (TPSA) is 61.8 Å². The van der Waals surface area contributed by atoms with E-state index in [-0.39, 0.29) is 10.8 Å². The number of rotatable bonds is 6. The van der Waals surface area contributed by atoms with Gasteiger partial charge >= 0.3 is 0 Å². The highest BCUT2D eigenvalue weighted by Gasteiger charge is 2.28. The molecule has 3 aromatic rings. The zero-order valence-corrected chi connectivity index (χ0v) is 18.6. The van der Waals surface area contributed by atoms with Gasteiger partial charge in [-0.25, -0.2) is 0 Å². The molecular formula is C24H30ClN3O. The molecular weight excluding hydrogens is 382 g/mol. The van der Waals surface area contributed by atoms with E-state index in [0.717, 1.165) is 34.5 Å². The zero-order chi connectivity index (χ0) is 21.2. The molecule has 0 amide bonds. The van der Waals surface area contributed by atoms with Gasteiger partial charge in [0.05, 0.1) is 16.8 Å². The number of aliphatic hydroxyl groups excluding tert-OH is 1. The van der Waals surface area contributed by atoms with Gasteiger partial charge in [-0.15, -0.1) is 0 Å². The number of H-pyrrole nitrogens is 1. The summed E-state index contributed by atoms with van der Waals surface area (Å²) in [6.07, 6.45) is 4.37. The van der Waals surface area contributed by atoms with Crippen molar-refractivity contribution in [2.24, 2.45) is 5.41 Å². The van der Waals surface area contributed by atoms with Crippen LogP contribution in [0, 0.1) is 5.41 Å². The van der Waals surface area contributed by atoms with Crippen molar-refractivity contribution in [3.63, 3.8) is 0 Å². The summed E-state index contributed by atoms with van der Waals surface area (Å²) >= 11 is 6.60. The maximum absolute atomic E-state index is 10.8. The van der Waals surface area contributed by atoms with Crippen LogP contribution >= 0.6 is 11.6 Å². The number of halogens is 1. The number of benzene rings is 1. The first-order chi connectivity index (χ1) is 13.6. The first-order valence-corrected chi connectivity index (χ1v) is 10.4. The zero-order valence-electron chi connectivity index (χ0n) is 17.8. The molecule has 0 fully saturated rings. The third-order valence-electron chi connectivity index (χ3n) is 5.41. The summed E-state index contributed by atoms with van der Waals surface area (Å²) in [6.45, 7) is 10.6. The summed E-state index contributed by atoms with van der Waals surface area (Å²) in [4.78, 5) is 4.13. The molecule has 2 heterocycles. The Kier molecular flexibility index (Phi) is 6.16. The van der Waals surface area contributed by atoms with Gasteiger partial charge < -0.3 is 5.11 Å². The predicted octanol–water partition coefficient (Wildman–Crippen LogP) is 5.59. The van der Waals surface area contributed by atoms with Gasteiger partial charge in [0.15, 0.2) is 0 Å². The van der Waals surface area contributed by atoms with Crippen LogP contribution in [-0.4, -0.2) is 26.4 Å². The molecule has 0 aliphatic heterocycles. The minimum absolute atomic E-state index is 0.00605. The fourth-order valence-electron chi connectivity index (χ4n) is 3.38. The normalized spacial score (nSPS) is 13.5. The lowest BCUT2D eigenvalue weighted by Crippen LogP contribution is -2.33. The number of nitrogens with zero attached hydrogens (tertiary/aromatic N) is 2. The van der Waals surface area contributed by atoms with Crippen LogP contribution in [0.5, 0.6) is 0 Å². The van der Waals surface area contributed by atoms with E-state index in [9.17, 15) is 5.11 Å². The van der Waals surface area contributed by atoms with E-state index in [1.807, 2.05) is 24.3 Å². The van der Waals surface area contributed by atoms with Gasteiger partial charge in [-0.05, 0) is 41.2 Å². The largest absolute Gasteiger partial charge is 0.392 e. The Morgan fingerprint density at radius 2 is 1.83 bits per heavy atom. The van der Waals surface area contributed by atoms with Gasteiger partial charge in [-0.1, -0.05) is 64.4 Å². The number of hydrogen-bond acceptors (Lipinski definition) is 3. The van der Waals surface area contributed by atoms with Gasteiger partial charge in [-0.3, -0.25) is 10.1 Å². The molecule has 4 nitrogen and oxygen atoms in total. The van der Waals surface area contributed by atoms with Crippen molar-refractivity contribution in [2.75, 3.05) is 0 Å². The maximum atomic E-state index is 10.8. The fourth-order valence-corrected chi connectivity index (χ4v) is 3.68. The van der Waals surface area contributed by atoms with Crippen molar-refractivity contribution in [3.8, 4) is 11.3 Å². The smallest absolute Gasteiger partial charge is 0.0938 e. The van der Waals surface area contributed by atoms with Crippen molar-refractivity contribution >= 4 is 11.6 Å². The van der Waals surface area contributed by atoms with Gasteiger partial charge in [0.25, 0.3) is 0 Å². The van der Waals surface area contributed by atoms with Crippen LogP contribution in [0.4, 0.5) is 0 Å². The first kappa shape index (κ1) is 21.5. The Morgan fingerprint density at radius 3 is 2.41 bits per heavy atom. The van der Waals surface area contributed by atoms with Gasteiger partial charge in [-0.2, -0.15) is 5.10 Å². The van der Waals surface area contributed by atoms with Crippen molar-refractivity contribution in [2.45, 2.75) is 59.0 Å². The lowest BCUT2D eigenvalue weighted by molar-refractivity contribution is 0.0507. The second kappa shape index (κ2) is 8.29. The maximum Gasteiger partial charge on any atom is 0.0938 e. The lowest BCUT2D eigenvalue weighted by Gasteiger charge is -2.31. The van der Waals surface area contributed by atoms with Crippen LogP contribution in [0.25, 0.3) is 11.3 Å². The lowest BCUT2D eigenvalue weighted by atomic mass is 9.78. The van der Waals surface area contributed by atoms with E-state index >= 15 is 0 Å². The van der Waals surface area contributed by atoms with Crippen molar-refractivity contribution < 1.29 is 5.11 Å². The van der Waals surface area contributed by atoms with Crippen LogP contribution < -0.4 is 0 Å². The summed E-state index contributed by atoms with van der Waals surface area (Å²) in [7, 11) is 0. The Hall–Kier alpha value is -2.17. The van der Waals surface area contributed by atoms with Crippen LogP contribution in [0.2, 0.25) is 5.02 Å². The molecule has 0 unspecified atom stereocenters. The minimum Gasteiger partial charge on any atom is -0.392 e. The second-order valence-electron chi connectivity index (χ2n) is 9.48. The van der Waals surface area contributed by atoms with Gasteiger partial charge in [0.2, 0.25) is 0 Å². The average molecular weight is 412 g/mol. The van der Waals surface area contributed by atoms with Gasteiger partial charge in [0.1, 0.15) is 0 Å². The molecule has 0 aliphatic rings. The Morgan fingerprint density at radius 1 is 1.07 bits per heavy atom. The molecule has 2 aromatic heterocycles. The summed E-state index contributed by atoms with van der Waals surface area (Å²) in [5, 5.41) is 19.0. The van der Waals surface area contributed by atoms with Crippen molar-refractivity contribution in [3.05, 3.63) is 70.6 Å². The third kappa shape index (κ3) is 5.26. The monoisotopic (exact) mass is 411 g/mol. The van der Waals surface area contributed by atoms with E-state index in [1.54, 1.807) is 12.4 Å². The van der Waals surface area contributed by atoms with E-state index in [2.05, 4.69) is 61.9 Å². The number of aliphatic hydroxyl groups is 1. The van der Waals surface area contributed by atoms with Crippen molar-refractivity contribution in [1.29, 1.82) is 0 Å². The summed E-state index contributed by atoms with van der Waals surface area (Å²) < 4.78 is 0. The van der Waals surface area contributed by atoms with Crippen molar-refractivity contribution in [1.82, 2.24) is 15.2 Å². The number of nitrogens with one attached hydrogen (secondary N) is 1. The molecule has 1 atom stereocenters. The molecule has 2 N–H and O–H groups in total. The highest BCUT2D eigenvalue weighted by atomic mass is 35.5. The average Bonchev–Trinajstić information content (AvgIpc) is 3.12. The summed E-state index contributed by atoms with van der Waals surface area (Å²) in [6, 6.07) is 12.0. The standard InChI is InChI=1S/C24H30ClN3O/c1-23(2,3)21-13-20(27-28-21)18-9-8-16(11-19(18)25)14-24(4,5)22(29)12-17-7-6-10-26-15-17/h6-11,13,15,22,29H,12,14H2,1-5H3,(H,27,28)/t22-/m1/s1. The van der Waals surface area contributed by atoms with Crippen LogP contribution in [-0.2, 0) is 18.3 Å². The molecule has 154 valence electrons. The Labute approximate surface area is 178 Å². The van der Waals surface area contributed by atoms with E-state index in [0.29, 0.717) is 11.4 Å². The summed E-state index contributed by atoms with van der Waals surface area (Å²) in [5.41, 5.74) is 4.68. The van der Waals surface area contributed by atoms with E-state index in [1.165, 1.54) is 0 Å². The Balaban J connectivity index is 1.75. The molecule has 0 saturated heterocycles. The van der Waals surface area contributed by atoms with Crippen LogP contribution in [0.3, 0.4) is 0 Å². The molecule has 29 heavy (non-hydrogen) atoms. The molecule has 5 heteroatoms. The second-order valence-corrected chi connectivity index (χ2v) is 9.88. The quantitative estimate of drug-likeness (QED) is 0.555. The van der Waals surface area contributed by atoms with Gasteiger partial charge in [0, 0.05) is 35.5 Å². The number of hydrogen-bond donors (Lipinski definition) is 2.